The van der Waals surface area contributed by atoms with Gasteiger partial charge in [-0.15, -0.1) is 0 Å². The van der Waals surface area contributed by atoms with E-state index in [1.54, 1.807) is 0 Å². The lowest BCUT2D eigenvalue weighted by molar-refractivity contribution is -0.122. The molecule has 0 aliphatic heterocycles. The molecule has 1 rings (SSSR count). The van der Waals surface area contributed by atoms with Gasteiger partial charge in [0.1, 0.15) is 6.42 Å². The van der Waals surface area contributed by atoms with Crippen LogP contribution in [0.25, 0.3) is 0 Å². The molecule has 1 N–H and O–H groups in total. The fourth-order valence-corrected chi connectivity index (χ4v) is 1.28. The van der Waals surface area contributed by atoms with Crippen LogP contribution in [0.5, 0.6) is 0 Å². The highest BCUT2D eigenvalue weighted by Crippen LogP contribution is 2.30. The predicted octanol–water partition coefficient (Wildman–Crippen LogP) is 0.959. The SMILES string of the molecule is CC1(NC(=O)CC#N)CCC1. The zero-order chi connectivity index (χ0) is 8.32. The van der Waals surface area contributed by atoms with Crippen LogP contribution in [0, 0.1) is 11.3 Å². The Balaban J connectivity index is 2.30. The normalized spacial score (nSPS) is 19.6. The van der Waals surface area contributed by atoms with Crippen molar-refractivity contribution in [1.29, 1.82) is 5.26 Å². The van der Waals surface area contributed by atoms with Gasteiger partial charge < -0.3 is 5.32 Å². The summed E-state index contributed by atoms with van der Waals surface area (Å²) in [7, 11) is 0. The molecule has 0 aromatic rings. The zero-order valence-corrected chi connectivity index (χ0v) is 6.68. The van der Waals surface area contributed by atoms with Gasteiger partial charge in [-0.1, -0.05) is 0 Å². The van der Waals surface area contributed by atoms with Crippen LogP contribution in [0.4, 0.5) is 0 Å². The molecule has 0 spiro atoms. The summed E-state index contributed by atoms with van der Waals surface area (Å²) in [5.74, 6) is -0.144. The summed E-state index contributed by atoms with van der Waals surface area (Å²) in [5.41, 5.74) is -0.00602. The minimum absolute atomic E-state index is 0.00602. The molecule has 0 saturated heterocycles. The van der Waals surface area contributed by atoms with Crippen LogP contribution in [0.2, 0.25) is 0 Å². The molecule has 0 heterocycles. The number of nitriles is 1. The molecule has 0 bridgehead atoms. The van der Waals surface area contributed by atoms with Gasteiger partial charge in [-0.25, -0.2) is 0 Å². The van der Waals surface area contributed by atoms with E-state index in [2.05, 4.69) is 5.32 Å². The number of hydrogen-bond acceptors (Lipinski definition) is 2. The van der Waals surface area contributed by atoms with E-state index in [-0.39, 0.29) is 17.9 Å². The van der Waals surface area contributed by atoms with Crippen molar-refractivity contribution in [2.75, 3.05) is 0 Å². The van der Waals surface area contributed by atoms with E-state index in [0.29, 0.717) is 0 Å². The van der Waals surface area contributed by atoms with Crippen molar-refractivity contribution in [3.05, 3.63) is 0 Å². The van der Waals surface area contributed by atoms with E-state index in [1.807, 2.05) is 13.0 Å². The number of hydrogen-bond donors (Lipinski definition) is 1. The number of carbonyl (C=O) groups excluding carboxylic acids is 1. The predicted molar refractivity (Wildman–Crippen MR) is 40.6 cm³/mol. The summed E-state index contributed by atoms with van der Waals surface area (Å²) in [5, 5.41) is 11.0. The van der Waals surface area contributed by atoms with Gasteiger partial charge in [0.15, 0.2) is 0 Å². The molecular formula is C8H12N2O. The summed E-state index contributed by atoms with van der Waals surface area (Å²) in [6, 6.07) is 1.83. The van der Waals surface area contributed by atoms with Crippen molar-refractivity contribution in [1.82, 2.24) is 5.32 Å². The van der Waals surface area contributed by atoms with Crippen molar-refractivity contribution in [3.63, 3.8) is 0 Å². The number of amides is 1. The Labute approximate surface area is 66.4 Å². The first-order chi connectivity index (χ1) is 5.16. The van der Waals surface area contributed by atoms with Crippen LogP contribution in [-0.4, -0.2) is 11.4 Å². The largest absolute Gasteiger partial charge is 0.350 e. The van der Waals surface area contributed by atoms with Crippen molar-refractivity contribution in [2.24, 2.45) is 0 Å². The van der Waals surface area contributed by atoms with E-state index in [4.69, 9.17) is 5.26 Å². The van der Waals surface area contributed by atoms with Gasteiger partial charge in [0.05, 0.1) is 6.07 Å². The quantitative estimate of drug-likeness (QED) is 0.640. The lowest BCUT2D eigenvalue weighted by Gasteiger charge is -2.38. The molecule has 1 saturated carbocycles. The average Bonchev–Trinajstić information content (AvgIpc) is 1.85. The molecule has 1 aliphatic rings. The highest BCUT2D eigenvalue weighted by molar-refractivity contribution is 5.78. The van der Waals surface area contributed by atoms with E-state index >= 15 is 0 Å². The van der Waals surface area contributed by atoms with Gasteiger partial charge in [-0.05, 0) is 26.2 Å². The number of carbonyl (C=O) groups is 1. The third-order valence-electron chi connectivity index (χ3n) is 2.14. The third kappa shape index (κ3) is 1.94. The zero-order valence-electron chi connectivity index (χ0n) is 6.68. The van der Waals surface area contributed by atoms with Crippen LogP contribution >= 0.6 is 0 Å². The second-order valence-electron chi connectivity index (χ2n) is 3.30. The Hall–Kier alpha value is -1.04. The van der Waals surface area contributed by atoms with Gasteiger partial charge in [0, 0.05) is 5.54 Å². The van der Waals surface area contributed by atoms with Crippen LogP contribution in [0.1, 0.15) is 32.6 Å². The number of rotatable bonds is 2. The van der Waals surface area contributed by atoms with E-state index in [1.165, 1.54) is 6.42 Å². The molecule has 0 radical (unpaired) electrons. The maximum Gasteiger partial charge on any atom is 0.234 e. The smallest absolute Gasteiger partial charge is 0.234 e. The van der Waals surface area contributed by atoms with Crippen molar-refractivity contribution in [2.45, 2.75) is 38.1 Å². The summed E-state index contributed by atoms with van der Waals surface area (Å²) in [6.07, 6.45) is 3.26. The summed E-state index contributed by atoms with van der Waals surface area (Å²) in [6.45, 7) is 2.02. The fourth-order valence-electron chi connectivity index (χ4n) is 1.28. The van der Waals surface area contributed by atoms with Crippen molar-refractivity contribution >= 4 is 5.91 Å². The minimum atomic E-state index is -0.144. The summed E-state index contributed by atoms with van der Waals surface area (Å²) >= 11 is 0. The highest BCUT2D eigenvalue weighted by atomic mass is 16.1. The molecule has 1 aliphatic carbocycles. The van der Waals surface area contributed by atoms with Crippen LogP contribution in [0.3, 0.4) is 0 Å². The molecule has 0 aromatic heterocycles. The minimum Gasteiger partial charge on any atom is -0.350 e. The van der Waals surface area contributed by atoms with Crippen molar-refractivity contribution < 1.29 is 4.79 Å². The van der Waals surface area contributed by atoms with E-state index in [0.717, 1.165) is 12.8 Å². The maximum atomic E-state index is 10.9. The molecule has 0 unspecified atom stereocenters. The Morgan fingerprint density at radius 3 is 2.73 bits per heavy atom. The molecule has 0 aromatic carbocycles. The van der Waals surface area contributed by atoms with Crippen molar-refractivity contribution in [3.8, 4) is 6.07 Å². The van der Waals surface area contributed by atoms with Crippen LogP contribution in [-0.2, 0) is 4.79 Å². The van der Waals surface area contributed by atoms with E-state index < -0.39 is 0 Å². The number of nitrogens with one attached hydrogen (secondary N) is 1. The molecule has 0 atom stereocenters. The second-order valence-corrected chi connectivity index (χ2v) is 3.30. The van der Waals surface area contributed by atoms with Gasteiger partial charge in [-0.2, -0.15) is 5.26 Å². The summed E-state index contributed by atoms with van der Waals surface area (Å²) < 4.78 is 0. The first kappa shape index (κ1) is 8.06. The Morgan fingerprint density at radius 1 is 1.73 bits per heavy atom. The maximum absolute atomic E-state index is 10.9. The van der Waals surface area contributed by atoms with Gasteiger partial charge in [-0.3, -0.25) is 4.79 Å². The number of nitrogens with zero attached hydrogens (tertiary/aromatic N) is 1. The van der Waals surface area contributed by atoms with Gasteiger partial charge >= 0.3 is 0 Å². The fraction of sp³-hybridized carbons (Fsp3) is 0.750. The molecular weight excluding hydrogens is 140 g/mol. The van der Waals surface area contributed by atoms with Gasteiger partial charge in [0.2, 0.25) is 5.91 Å². The molecule has 3 heteroatoms. The molecule has 1 fully saturated rings. The molecule has 60 valence electrons. The van der Waals surface area contributed by atoms with Gasteiger partial charge in [0.25, 0.3) is 0 Å². The Morgan fingerprint density at radius 2 is 2.36 bits per heavy atom. The Bertz CT molecular complexity index is 201. The molecule has 3 nitrogen and oxygen atoms in total. The van der Waals surface area contributed by atoms with Crippen LogP contribution in [0.15, 0.2) is 0 Å². The highest BCUT2D eigenvalue weighted by Gasteiger charge is 2.32. The standard InChI is InChI=1S/C8H12N2O/c1-8(4-2-5-8)10-7(11)3-6-9/h2-5H2,1H3,(H,10,11). The average molecular weight is 152 g/mol. The molecule has 1 amide bonds. The Kier molecular flexibility index (Phi) is 2.13. The van der Waals surface area contributed by atoms with E-state index in [9.17, 15) is 4.79 Å². The monoisotopic (exact) mass is 152 g/mol. The lowest BCUT2D eigenvalue weighted by atomic mass is 9.78. The lowest BCUT2D eigenvalue weighted by Crippen LogP contribution is -2.50. The summed E-state index contributed by atoms with van der Waals surface area (Å²) in [4.78, 5) is 10.9. The first-order valence-electron chi connectivity index (χ1n) is 3.84. The first-order valence-corrected chi connectivity index (χ1v) is 3.84. The van der Waals surface area contributed by atoms with Crippen LogP contribution < -0.4 is 5.32 Å². The topological polar surface area (TPSA) is 52.9 Å². The second kappa shape index (κ2) is 2.91. The molecule has 11 heavy (non-hydrogen) atoms. The third-order valence-corrected chi connectivity index (χ3v) is 2.14.